The van der Waals surface area contributed by atoms with Crippen LogP contribution in [0.15, 0.2) is 42.5 Å². The van der Waals surface area contributed by atoms with E-state index in [4.69, 9.17) is 16.3 Å². The second kappa shape index (κ2) is 8.22. The number of nitrogens with one attached hydrogen (secondary N) is 1. The fraction of sp³-hybridized carbons (Fsp3) is 0.409. The number of carbonyl (C=O) groups excluding carboxylic acids is 1. The van der Waals surface area contributed by atoms with Crippen molar-refractivity contribution in [1.29, 1.82) is 0 Å². The molecule has 1 amide bonds. The van der Waals surface area contributed by atoms with Crippen molar-refractivity contribution in [3.05, 3.63) is 53.1 Å². The van der Waals surface area contributed by atoms with Crippen molar-refractivity contribution in [3.63, 3.8) is 0 Å². The number of fused-ring (bicyclic) bond motifs is 1. The molecule has 154 valence electrons. The molecular formula is C22H26ClN3O3. The number of rotatable bonds is 6. The van der Waals surface area contributed by atoms with Crippen molar-refractivity contribution < 1.29 is 14.6 Å². The summed E-state index contributed by atoms with van der Waals surface area (Å²) < 4.78 is 5.84. The van der Waals surface area contributed by atoms with Gasteiger partial charge in [-0.05, 0) is 55.0 Å². The maximum atomic E-state index is 11.5. The number of nitrogens with zero attached hydrogens (tertiary/aromatic N) is 2. The Hall–Kier alpha value is -2.28. The van der Waals surface area contributed by atoms with Gasteiger partial charge < -0.3 is 20.1 Å². The topological polar surface area (TPSA) is 65.0 Å². The third-order valence-electron chi connectivity index (χ3n) is 5.38. The Kier molecular flexibility index (Phi) is 5.67. The summed E-state index contributed by atoms with van der Waals surface area (Å²) in [5, 5.41) is 14.4. The summed E-state index contributed by atoms with van der Waals surface area (Å²) in [6.45, 7) is 6.12. The SMILES string of the molecule is C[C@](O)(COc1ccc2c(c1)CC(=O)N2)CN1CCN(c2ccc(Cl)cc2)CC1. The van der Waals surface area contributed by atoms with Gasteiger partial charge in [-0.2, -0.15) is 0 Å². The highest BCUT2D eigenvalue weighted by atomic mass is 35.5. The Morgan fingerprint density at radius 1 is 1.14 bits per heavy atom. The molecule has 1 saturated heterocycles. The Balaban J connectivity index is 1.26. The lowest BCUT2D eigenvalue weighted by Gasteiger charge is -2.39. The molecule has 2 heterocycles. The number of aliphatic hydroxyl groups is 1. The number of anilines is 2. The van der Waals surface area contributed by atoms with Crippen LogP contribution in [0.25, 0.3) is 0 Å². The van der Waals surface area contributed by atoms with Crippen LogP contribution in [0.1, 0.15) is 12.5 Å². The van der Waals surface area contributed by atoms with E-state index in [-0.39, 0.29) is 12.5 Å². The number of piperazine rings is 1. The lowest BCUT2D eigenvalue weighted by molar-refractivity contribution is -0.115. The van der Waals surface area contributed by atoms with Gasteiger partial charge >= 0.3 is 0 Å². The zero-order valence-electron chi connectivity index (χ0n) is 16.5. The first-order chi connectivity index (χ1) is 13.9. The highest BCUT2D eigenvalue weighted by Gasteiger charge is 2.28. The summed E-state index contributed by atoms with van der Waals surface area (Å²) in [5.41, 5.74) is 1.99. The molecule has 2 N–H and O–H groups in total. The third kappa shape index (κ3) is 5.01. The van der Waals surface area contributed by atoms with E-state index in [0.29, 0.717) is 18.7 Å². The molecule has 1 fully saturated rings. The average Bonchev–Trinajstić information content (AvgIpc) is 3.07. The number of carbonyl (C=O) groups is 1. The summed E-state index contributed by atoms with van der Waals surface area (Å²) in [6, 6.07) is 13.5. The van der Waals surface area contributed by atoms with Crippen LogP contribution < -0.4 is 15.0 Å². The van der Waals surface area contributed by atoms with E-state index in [1.165, 1.54) is 5.69 Å². The molecule has 0 aromatic heterocycles. The smallest absolute Gasteiger partial charge is 0.228 e. The Bertz CT molecular complexity index is 877. The van der Waals surface area contributed by atoms with Crippen LogP contribution in [0.5, 0.6) is 5.75 Å². The maximum Gasteiger partial charge on any atom is 0.228 e. The standard InChI is InChI=1S/C22H26ClN3O3/c1-22(28,15-29-19-6-7-20-16(12-19)13-21(27)24-20)14-25-8-10-26(11-9-25)18-4-2-17(23)3-5-18/h2-7,12,28H,8-11,13-15H2,1H3,(H,24,27)/t22-/m1/s1. The largest absolute Gasteiger partial charge is 0.491 e. The molecule has 29 heavy (non-hydrogen) atoms. The lowest BCUT2D eigenvalue weighted by Crippen LogP contribution is -2.52. The number of ether oxygens (including phenoxy) is 1. The minimum atomic E-state index is -0.963. The molecule has 0 bridgehead atoms. The highest BCUT2D eigenvalue weighted by Crippen LogP contribution is 2.27. The van der Waals surface area contributed by atoms with Crippen molar-refractivity contribution >= 4 is 28.9 Å². The van der Waals surface area contributed by atoms with E-state index in [0.717, 1.165) is 42.5 Å². The van der Waals surface area contributed by atoms with Crippen LogP contribution in [0, 0.1) is 0 Å². The van der Waals surface area contributed by atoms with Gasteiger partial charge in [0.1, 0.15) is 18.0 Å². The zero-order chi connectivity index (χ0) is 20.4. The van der Waals surface area contributed by atoms with Crippen LogP contribution in [0.4, 0.5) is 11.4 Å². The van der Waals surface area contributed by atoms with Gasteiger partial charge in [0.05, 0.1) is 6.42 Å². The lowest BCUT2D eigenvalue weighted by atomic mass is 10.1. The van der Waals surface area contributed by atoms with E-state index in [2.05, 4.69) is 15.1 Å². The molecular weight excluding hydrogens is 390 g/mol. The maximum absolute atomic E-state index is 11.5. The van der Waals surface area contributed by atoms with Crippen LogP contribution in [-0.4, -0.2) is 60.8 Å². The van der Waals surface area contributed by atoms with Crippen molar-refractivity contribution in [1.82, 2.24) is 4.90 Å². The van der Waals surface area contributed by atoms with Crippen LogP contribution >= 0.6 is 11.6 Å². The molecule has 7 heteroatoms. The predicted octanol–water partition coefficient (Wildman–Crippen LogP) is 2.79. The Morgan fingerprint density at radius 2 is 1.86 bits per heavy atom. The van der Waals surface area contributed by atoms with Gasteiger partial charge in [-0.15, -0.1) is 0 Å². The number of amides is 1. The third-order valence-corrected chi connectivity index (χ3v) is 5.63. The number of benzene rings is 2. The number of hydrogen-bond donors (Lipinski definition) is 2. The fourth-order valence-electron chi connectivity index (χ4n) is 3.88. The van der Waals surface area contributed by atoms with Gasteiger partial charge in [-0.3, -0.25) is 9.69 Å². The van der Waals surface area contributed by atoms with Gasteiger partial charge in [0.2, 0.25) is 5.91 Å². The molecule has 0 radical (unpaired) electrons. The molecule has 0 saturated carbocycles. The van der Waals surface area contributed by atoms with Gasteiger partial charge in [-0.1, -0.05) is 11.6 Å². The quantitative estimate of drug-likeness (QED) is 0.759. The number of β-amino-alcohol motifs (C(OH)–C–C–N with tert-alkyl or cyclic N) is 1. The molecule has 2 aromatic rings. The second-order valence-electron chi connectivity index (χ2n) is 8.07. The van der Waals surface area contributed by atoms with Crippen LogP contribution in [-0.2, 0) is 11.2 Å². The molecule has 0 spiro atoms. The van der Waals surface area contributed by atoms with Crippen molar-refractivity contribution in [3.8, 4) is 5.75 Å². The first-order valence-corrected chi connectivity index (χ1v) is 10.3. The minimum Gasteiger partial charge on any atom is -0.491 e. The van der Waals surface area contributed by atoms with Gasteiger partial charge in [-0.25, -0.2) is 0 Å². The van der Waals surface area contributed by atoms with E-state index >= 15 is 0 Å². The predicted molar refractivity (Wildman–Crippen MR) is 115 cm³/mol. The van der Waals surface area contributed by atoms with Crippen molar-refractivity contribution in [2.75, 3.05) is 49.5 Å². The number of hydrogen-bond acceptors (Lipinski definition) is 5. The average molecular weight is 416 g/mol. The molecule has 6 nitrogen and oxygen atoms in total. The molecule has 2 aliphatic heterocycles. The Morgan fingerprint density at radius 3 is 2.59 bits per heavy atom. The first kappa shape index (κ1) is 20.0. The summed E-state index contributed by atoms with van der Waals surface area (Å²) in [6.07, 6.45) is 0.376. The Labute approximate surface area is 176 Å². The van der Waals surface area contributed by atoms with Crippen LogP contribution in [0.2, 0.25) is 5.02 Å². The van der Waals surface area contributed by atoms with Crippen molar-refractivity contribution in [2.24, 2.45) is 0 Å². The van der Waals surface area contributed by atoms with E-state index in [1.807, 2.05) is 42.5 Å². The zero-order valence-corrected chi connectivity index (χ0v) is 17.3. The molecule has 4 rings (SSSR count). The molecule has 0 unspecified atom stereocenters. The monoisotopic (exact) mass is 415 g/mol. The summed E-state index contributed by atoms with van der Waals surface area (Å²) in [5.74, 6) is 0.676. The van der Waals surface area contributed by atoms with E-state index in [1.54, 1.807) is 6.92 Å². The number of halogens is 1. The molecule has 1 atom stereocenters. The molecule has 0 aliphatic carbocycles. The van der Waals surface area contributed by atoms with E-state index in [9.17, 15) is 9.90 Å². The van der Waals surface area contributed by atoms with Gasteiger partial charge in [0.15, 0.2) is 0 Å². The summed E-state index contributed by atoms with van der Waals surface area (Å²) in [4.78, 5) is 16.1. The van der Waals surface area contributed by atoms with Crippen LogP contribution in [0.3, 0.4) is 0 Å². The van der Waals surface area contributed by atoms with Gasteiger partial charge in [0.25, 0.3) is 0 Å². The normalized spacial score (nSPS) is 18.9. The fourth-order valence-corrected chi connectivity index (χ4v) is 4.00. The van der Waals surface area contributed by atoms with Gasteiger partial charge in [0, 0.05) is 49.1 Å². The molecule has 2 aromatic carbocycles. The first-order valence-electron chi connectivity index (χ1n) is 9.89. The second-order valence-corrected chi connectivity index (χ2v) is 8.51. The van der Waals surface area contributed by atoms with Crippen molar-refractivity contribution in [2.45, 2.75) is 18.9 Å². The minimum absolute atomic E-state index is 0.00175. The molecule has 2 aliphatic rings. The van der Waals surface area contributed by atoms with E-state index < -0.39 is 5.60 Å². The highest BCUT2D eigenvalue weighted by molar-refractivity contribution is 6.30. The summed E-state index contributed by atoms with van der Waals surface area (Å²) in [7, 11) is 0. The summed E-state index contributed by atoms with van der Waals surface area (Å²) >= 11 is 5.97.